The molecule has 3 rings (SSSR count). The lowest BCUT2D eigenvalue weighted by Gasteiger charge is -2.26. The van der Waals surface area contributed by atoms with Crippen molar-refractivity contribution in [1.82, 2.24) is 10.2 Å². The van der Waals surface area contributed by atoms with Crippen molar-refractivity contribution >= 4 is 5.91 Å². The number of amides is 1. The Morgan fingerprint density at radius 2 is 1.70 bits per heavy atom. The van der Waals surface area contributed by atoms with Crippen LogP contribution in [0.4, 0.5) is 0 Å². The Morgan fingerprint density at radius 3 is 2.44 bits per heavy atom. The highest BCUT2D eigenvalue weighted by Crippen LogP contribution is 2.16. The van der Waals surface area contributed by atoms with E-state index in [4.69, 9.17) is 4.74 Å². The molecule has 1 amide bonds. The zero-order valence-electron chi connectivity index (χ0n) is 16.2. The van der Waals surface area contributed by atoms with Crippen LogP contribution >= 0.6 is 0 Å². The Balaban J connectivity index is 1.36. The summed E-state index contributed by atoms with van der Waals surface area (Å²) in [6, 6.07) is 16.4. The summed E-state index contributed by atoms with van der Waals surface area (Å²) in [6.45, 7) is 6.41. The smallest absolute Gasteiger partial charge is 0.223 e. The molecule has 144 valence electrons. The molecule has 1 aliphatic rings. The Morgan fingerprint density at radius 1 is 1.00 bits per heavy atom. The fourth-order valence-corrected chi connectivity index (χ4v) is 3.40. The second-order valence-electron chi connectivity index (χ2n) is 7.29. The van der Waals surface area contributed by atoms with Crippen LogP contribution in [0.25, 0.3) is 0 Å². The molecule has 1 aliphatic heterocycles. The summed E-state index contributed by atoms with van der Waals surface area (Å²) in [4.78, 5) is 14.5. The van der Waals surface area contributed by atoms with Crippen molar-refractivity contribution < 1.29 is 9.53 Å². The average molecular weight is 367 g/mol. The van der Waals surface area contributed by atoms with Gasteiger partial charge < -0.3 is 10.1 Å². The third-order valence-electron chi connectivity index (χ3n) is 5.05. The van der Waals surface area contributed by atoms with Gasteiger partial charge in [0, 0.05) is 13.1 Å². The second kappa shape index (κ2) is 10.1. The molecule has 1 fully saturated rings. The molecule has 0 spiro atoms. The van der Waals surface area contributed by atoms with E-state index in [1.807, 2.05) is 31.2 Å². The number of nitrogens with zero attached hydrogens (tertiary/aromatic N) is 1. The fourth-order valence-electron chi connectivity index (χ4n) is 3.40. The van der Waals surface area contributed by atoms with Crippen molar-refractivity contribution in [3.8, 4) is 5.75 Å². The van der Waals surface area contributed by atoms with Gasteiger partial charge in [0.2, 0.25) is 5.91 Å². The molecular weight excluding hydrogens is 336 g/mol. The number of piperidine rings is 1. The van der Waals surface area contributed by atoms with Crippen molar-refractivity contribution in [3.63, 3.8) is 0 Å². The molecule has 2 aromatic carbocycles. The van der Waals surface area contributed by atoms with Crippen LogP contribution in [-0.4, -0.2) is 30.5 Å². The molecule has 0 aromatic heterocycles. The standard InChI is InChI=1S/C23H30N2O2/c1-19-7-3-4-8-22(19)27-16-13-23(26)24-17-20-9-11-21(12-10-20)18-25-14-5-2-6-15-25/h3-4,7-12H,2,5-6,13-18H2,1H3,(H,24,26). The van der Waals surface area contributed by atoms with Crippen molar-refractivity contribution in [3.05, 3.63) is 65.2 Å². The summed E-state index contributed by atoms with van der Waals surface area (Å²) in [5.41, 5.74) is 3.56. The molecular formula is C23H30N2O2. The van der Waals surface area contributed by atoms with Crippen LogP contribution in [0, 0.1) is 6.92 Å². The van der Waals surface area contributed by atoms with E-state index in [9.17, 15) is 4.79 Å². The first kappa shape index (κ1) is 19.4. The number of rotatable bonds is 8. The van der Waals surface area contributed by atoms with Crippen LogP contribution in [0.2, 0.25) is 0 Å². The lowest BCUT2D eigenvalue weighted by atomic mass is 10.1. The number of aryl methyl sites for hydroxylation is 1. The van der Waals surface area contributed by atoms with E-state index in [-0.39, 0.29) is 5.91 Å². The maximum Gasteiger partial charge on any atom is 0.223 e. The van der Waals surface area contributed by atoms with Crippen LogP contribution in [0.15, 0.2) is 48.5 Å². The molecule has 0 radical (unpaired) electrons. The molecule has 0 aliphatic carbocycles. The van der Waals surface area contributed by atoms with Crippen LogP contribution in [0.5, 0.6) is 5.75 Å². The number of nitrogens with one attached hydrogen (secondary N) is 1. The van der Waals surface area contributed by atoms with Gasteiger partial charge in [0.25, 0.3) is 0 Å². The largest absolute Gasteiger partial charge is 0.493 e. The van der Waals surface area contributed by atoms with Gasteiger partial charge >= 0.3 is 0 Å². The molecule has 2 aromatic rings. The van der Waals surface area contributed by atoms with E-state index in [2.05, 4.69) is 34.5 Å². The number of hydrogen-bond acceptors (Lipinski definition) is 3. The Bertz CT molecular complexity index is 721. The van der Waals surface area contributed by atoms with E-state index in [1.54, 1.807) is 0 Å². The highest BCUT2D eigenvalue weighted by molar-refractivity contribution is 5.76. The quantitative estimate of drug-likeness (QED) is 0.766. The maximum absolute atomic E-state index is 12.0. The third kappa shape index (κ3) is 6.40. The minimum Gasteiger partial charge on any atom is -0.493 e. The molecule has 0 unspecified atom stereocenters. The molecule has 1 saturated heterocycles. The van der Waals surface area contributed by atoms with Crippen LogP contribution in [0.1, 0.15) is 42.4 Å². The Kier molecular flexibility index (Phi) is 7.28. The summed E-state index contributed by atoms with van der Waals surface area (Å²) in [6.07, 6.45) is 4.36. The second-order valence-corrected chi connectivity index (χ2v) is 7.29. The van der Waals surface area contributed by atoms with Gasteiger partial charge in [-0.15, -0.1) is 0 Å². The molecule has 0 saturated carbocycles. The van der Waals surface area contributed by atoms with Crippen LogP contribution in [-0.2, 0) is 17.9 Å². The van der Waals surface area contributed by atoms with Crippen molar-refractivity contribution in [1.29, 1.82) is 0 Å². The van der Waals surface area contributed by atoms with Gasteiger partial charge in [0.1, 0.15) is 5.75 Å². The number of ether oxygens (including phenoxy) is 1. The molecule has 1 heterocycles. The lowest BCUT2D eigenvalue weighted by molar-refractivity contribution is -0.121. The predicted octanol–water partition coefficient (Wildman–Crippen LogP) is 4.07. The van der Waals surface area contributed by atoms with Crippen LogP contribution in [0.3, 0.4) is 0 Å². The van der Waals surface area contributed by atoms with Crippen molar-refractivity contribution in [2.45, 2.75) is 45.7 Å². The van der Waals surface area contributed by atoms with Gasteiger partial charge in [-0.05, 0) is 55.6 Å². The fraction of sp³-hybridized carbons (Fsp3) is 0.435. The Labute approximate surface area is 162 Å². The summed E-state index contributed by atoms with van der Waals surface area (Å²) < 4.78 is 5.68. The summed E-state index contributed by atoms with van der Waals surface area (Å²) >= 11 is 0. The van der Waals surface area contributed by atoms with E-state index in [0.29, 0.717) is 19.6 Å². The zero-order valence-corrected chi connectivity index (χ0v) is 16.2. The number of para-hydroxylation sites is 1. The van der Waals surface area contributed by atoms with Gasteiger partial charge in [-0.2, -0.15) is 0 Å². The Hall–Kier alpha value is -2.33. The number of benzene rings is 2. The summed E-state index contributed by atoms with van der Waals surface area (Å²) in [5.74, 6) is 0.857. The SMILES string of the molecule is Cc1ccccc1OCCC(=O)NCc1ccc(CN2CCCCC2)cc1. The number of likely N-dealkylation sites (tertiary alicyclic amines) is 1. The summed E-state index contributed by atoms with van der Waals surface area (Å²) in [5, 5.41) is 2.97. The highest BCUT2D eigenvalue weighted by Gasteiger charge is 2.10. The minimum atomic E-state index is 0.0148. The molecule has 4 nitrogen and oxygen atoms in total. The first-order valence-electron chi connectivity index (χ1n) is 9.96. The van der Waals surface area contributed by atoms with E-state index >= 15 is 0 Å². The molecule has 0 bridgehead atoms. The minimum absolute atomic E-state index is 0.0148. The third-order valence-corrected chi connectivity index (χ3v) is 5.05. The predicted molar refractivity (Wildman–Crippen MR) is 109 cm³/mol. The number of carbonyl (C=O) groups is 1. The first-order valence-corrected chi connectivity index (χ1v) is 9.96. The number of carbonyl (C=O) groups excluding carboxylic acids is 1. The first-order chi connectivity index (χ1) is 13.2. The normalized spacial score (nSPS) is 14.7. The monoisotopic (exact) mass is 366 g/mol. The lowest BCUT2D eigenvalue weighted by Crippen LogP contribution is -2.29. The van der Waals surface area contributed by atoms with Gasteiger partial charge in [-0.25, -0.2) is 0 Å². The number of hydrogen-bond donors (Lipinski definition) is 1. The molecule has 1 N–H and O–H groups in total. The highest BCUT2D eigenvalue weighted by atomic mass is 16.5. The van der Waals surface area contributed by atoms with Gasteiger partial charge in [-0.3, -0.25) is 9.69 Å². The molecule has 4 heteroatoms. The molecule has 0 atom stereocenters. The zero-order chi connectivity index (χ0) is 18.9. The van der Waals surface area contributed by atoms with E-state index in [1.165, 1.54) is 37.9 Å². The van der Waals surface area contributed by atoms with Crippen molar-refractivity contribution in [2.24, 2.45) is 0 Å². The average Bonchev–Trinajstić information content (AvgIpc) is 2.70. The maximum atomic E-state index is 12.0. The topological polar surface area (TPSA) is 41.6 Å². The van der Waals surface area contributed by atoms with Gasteiger partial charge in [0.15, 0.2) is 0 Å². The summed E-state index contributed by atoms with van der Waals surface area (Å²) in [7, 11) is 0. The van der Waals surface area contributed by atoms with E-state index in [0.717, 1.165) is 23.4 Å². The van der Waals surface area contributed by atoms with E-state index < -0.39 is 0 Å². The molecule has 27 heavy (non-hydrogen) atoms. The van der Waals surface area contributed by atoms with Crippen LogP contribution < -0.4 is 10.1 Å². The van der Waals surface area contributed by atoms with Crippen molar-refractivity contribution in [2.75, 3.05) is 19.7 Å². The van der Waals surface area contributed by atoms with Gasteiger partial charge in [0.05, 0.1) is 13.0 Å². The van der Waals surface area contributed by atoms with Gasteiger partial charge in [-0.1, -0.05) is 48.9 Å².